The summed E-state index contributed by atoms with van der Waals surface area (Å²) in [6, 6.07) is 0.379. The van der Waals surface area contributed by atoms with Gasteiger partial charge in [-0.05, 0) is 6.07 Å². The van der Waals surface area contributed by atoms with Crippen LogP contribution in [0.5, 0.6) is 0 Å². The lowest BCUT2D eigenvalue weighted by Crippen LogP contribution is -2.44. The molecule has 0 saturated heterocycles. The Hall–Kier alpha value is -1.53. The van der Waals surface area contributed by atoms with Crippen molar-refractivity contribution in [3.05, 3.63) is 23.0 Å². The molecule has 0 fully saturated rings. The van der Waals surface area contributed by atoms with Gasteiger partial charge in [0.25, 0.3) is 5.91 Å². The number of ether oxygens (including phenoxy) is 1. The van der Waals surface area contributed by atoms with Crippen LogP contribution in [0.15, 0.2) is 12.3 Å². The summed E-state index contributed by atoms with van der Waals surface area (Å²) < 4.78 is 6.23. The SMILES string of the molecule is COCC(NC(=O)c1cc(Cl)cn1C)C(=O)O. The normalized spacial score (nSPS) is 12.2. The topological polar surface area (TPSA) is 80.6 Å². The van der Waals surface area contributed by atoms with Crippen molar-refractivity contribution in [1.29, 1.82) is 0 Å². The first-order valence-corrected chi connectivity index (χ1v) is 5.18. The molecule has 0 aliphatic carbocycles. The number of amides is 1. The van der Waals surface area contributed by atoms with E-state index in [9.17, 15) is 9.59 Å². The van der Waals surface area contributed by atoms with E-state index in [2.05, 4.69) is 5.32 Å². The molecule has 17 heavy (non-hydrogen) atoms. The van der Waals surface area contributed by atoms with Gasteiger partial charge in [0.15, 0.2) is 6.04 Å². The molecule has 1 aromatic heterocycles. The standard InChI is InChI=1S/C10H13ClN2O4/c1-13-4-6(11)3-8(13)9(14)12-7(5-17-2)10(15)16/h3-4,7H,5H2,1-2H3,(H,12,14)(H,15,16). The molecule has 0 aliphatic heterocycles. The van der Waals surface area contributed by atoms with Gasteiger partial charge in [0, 0.05) is 20.4 Å². The van der Waals surface area contributed by atoms with Crippen molar-refractivity contribution in [1.82, 2.24) is 9.88 Å². The summed E-state index contributed by atoms with van der Waals surface area (Å²) in [5, 5.41) is 11.6. The molecule has 94 valence electrons. The molecule has 1 rings (SSSR count). The van der Waals surface area contributed by atoms with Crippen LogP contribution in [0.3, 0.4) is 0 Å². The van der Waals surface area contributed by atoms with Crippen LogP contribution in [-0.4, -0.2) is 41.3 Å². The summed E-state index contributed by atoms with van der Waals surface area (Å²) in [7, 11) is 3.01. The van der Waals surface area contributed by atoms with E-state index in [-0.39, 0.29) is 12.3 Å². The molecule has 1 aromatic rings. The number of rotatable bonds is 5. The van der Waals surface area contributed by atoms with E-state index in [4.69, 9.17) is 21.4 Å². The second-order valence-electron chi connectivity index (χ2n) is 3.47. The van der Waals surface area contributed by atoms with Crippen molar-refractivity contribution in [2.75, 3.05) is 13.7 Å². The summed E-state index contributed by atoms with van der Waals surface area (Å²) in [4.78, 5) is 22.6. The summed E-state index contributed by atoms with van der Waals surface area (Å²) in [6.45, 7) is -0.0980. The number of carboxylic acid groups (broad SMARTS) is 1. The predicted molar refractivity (Wildman–Crippen MR) is 61.2 cm³/mol. The fraction of sp³-hybridized carbons (Fsp3) is 0.400. The van der Waals surface area contributed by atoms with Gasteiger partial charge in [-0.25, -0.2) is 4.79 Å². The van der Waals surface area contributed by atoms with Crippen LogP contribution < -0.4 is 5.32 Å². The maximum Gasteiger partial charge on any atom is 0.328 e. The minimum atomic E-state index is -1.15. The van der Waals surface area contributed by atoms with Crippen LogP contribution in [0.2, 0.25) is 5.02 Å². The number of aromatic nitrogens is 1. The highest BCUT2D eigenvalue weighted by molar-refractivity contribution is 6.31. The molecule has 0 aromatic carbocycles. The molecule has 0 spiro atoms. The van der Waals surface area contributed by atoms with Crippen molar-refractivity contribution in [2.24, 2.45) is 7.05 Å². The maximum absolute atomic E-state index is 11.8. The number of aryl methyl sites for hydroxylation is 1. The first-order valence-electron chi connectivity index (χ1n) is 4.80. The van der Waals surface area contributed by atoms with Crippen LogP contribution in [0.25, 0.3) is 0 Å². The molecule has 0 aliphatic rings. The zero-order chi connectivity index (χ0) is 13.0. The highest BCUT2D eigenvalue weighted by Crippen LogP contribution is 2.12. The van der Waals surface area contributed by atoms with Gasteiger partial charge in [-0.1, -0.05) is 11.6 Å². The summed E-state index contributed by atoms with van der Waals surface area (Å²) in [5.74, 6) is -1.66. The Balaban J connectivity index is 2.77. The highest BCUT2D eigenvalue weighted by Gasteiger charge is 2.21. The Labute approximate surface area is 103 Å². The molecule has 1 atom stereocenters. The molecule has 2 N–H and O–H groups in total. The molecule has 0 bridgehead atoms. The number of carboxylic acids is 1. The van der Waals surface area contributed by atoms with E-state index in [1.807, 2.05) is 0 Å². The number of hydrogen-bond acceptors (Lipinski definition) is 3. The smallest absolute Gasteiger partial charge is 0.328 e. The van der Waals surface area contributed by atoms with E-state index >= 15 is 0 Å². The van der Waals surface area contributed by atoms with E-state index in [0.717, 1.165) is 0 Å². The van der Waals surface area contributed by atoms with Crippen molar-refractivity contribution in [3.8, 4) is 0 Å². The number of methoxy groups -OCH3 is 1. The van der Waals surface area contributed by atoms with Gasteiger partial charge in [-0.15, -0.1) is 0 Å². The number of hydrogen-bond donors (Lipinski definition) is 2. The number of aliphatic carboxylic acids is 1. The number of nitrogens with zero attached hydrogens (tertiary/aromatic N) is 1. The Morgan fingerprint density at radius 3 is 2.71 bits per heavy atom. The van der Waals surface area contributed by atoms with E-state index < -0.39 is 17.9 Å². The zero-order valence-electron chi connectivity index (χ0n) is 9.44. The molecule has 0 saturated carbocycles. The fourth-order valence-electron chi connectivity index (χ4n) is 1.32. The van der Waals surface area contributed by atoms with E-state index in [1.54, 1.807) is 13.2 Å². The monoisotopic (exact) mass is 260 g/mol. The minimum absolute atomic E-state index is 0.0980. The average Bonchev–Trinajstić information content (AvgIpc) is 2.57. The van der Waals surface area contributed by atoms with Gasteiger partial charge in [0.05, 0.1) is 11.6 Å². The lowest BCUT2D eigenvalue weighted by molar-refractivity contribution is -0.140. The number of carbonyl (C=O) groups excluding carboxylic acids is 1. The molecule has 6 nitrogen and oxygen atoms in total. The van der Waals surface area contributed by atoms with Crippen LogP contribution in [0, 0.1) is 0 Å². The molecule has 7 heteroatoms. The predicted octanol–water partition coefficient (Wildman–Crippen LogP) is 0.508. The van der Waals surface area contributed by atoms with E-state index in [0.29, 0.717) is 5.02 Å². The van der Waals surface area contributed by atoms with Crippen LogP contribution in [0.1, 0.15) is 10.5 Å². The van der Waals surface area contributed by atoms with Gasteiger partial charge >= 0.3 is 5.97 Å². The van der Waals surface area contributed by atoms with E-state index in [1.165, 1.54) is 17.7 Å². The van der Waals surface area contributed by atoms with Gasteiger partial charge < -0.3 is 19.7 Å². The Morgan fingerprint density at radius 2 is 2.29 bits per heavy atom. The number of nitrogens with one attached hydrogen (secondary N) is 1. The molecule has 1 amide bonds. The molecule has 1 heterocycles. The molecular weight excluding hydrogens is 248 g/mol. The van der Waals surface area contributed by atoms with Gasteiger partial charge in [-0.3, -0.25) is 4.79 Å². The van der Waals surface area contributed by atoms with Gasteiger partial charge in [0.1, 0.15) is 5.69 Å². The largest absolute Gasteiger partial charge is 0.480 e. The molecular formula is C10H13ClN2O4. The minimum Gasteiger partial charge on any atom is -0.480 e. The fourth-order valence-corrected chi connectivity index (χ4v) is 1.57. The van der Waals surface area contributed by atoms with Gasteiger partial charge in [-0.2, -0.15) is 0 Å². The Bertz CT molecular complexity index is 430. The lowest BCUT2D eigenvalue weighted by Gasteiger charge is -2.13. The van der Waals surface area contributed by atoms with Crippen LogP contribution >= 0.6 is 11.6 Å². The molecule has 1 unspecified atom stereocenters. The van der Waals surface area contributed by atoms with Crippen LogP contribution in [-0.2, 0) is 16.6 Å². The van der Waals surface area contributed by atoms with Crippen molar-refractivity contribution in [2.45, 2.75) is 6.04 Å². The second-order valence-corrected chi connectivity index (χ2v) is 3.91. The summed E-state index contributed by atoms with van der Waals surface area (Å²) in [6.07, 6.45) is 1.56. The van der Waals surface area contributed by atoms with Crippen molar-refractivity contribution >= 4 is 23.5 Å². The summed E-state index contributed by atoms with van der Waals surface area (Å²) >= 11 is 5.73. The lowest BCUT2D eigenvalue weighted by atomic mass is 10.3. The highest BCUT2D eigenvalue weighted by atomic mass is 35.5. The molecule has 0 radical (unpaired) electrons. The number of carbonyl (C=O) groups is 2. The third-order valence-electron chi connectivity index (χ3n) is 2.14. The van der Waals surface area contributed by atoms with Crippen molar-refractivity contribution < 1.29 is 19.4 Å². The van der Waals surface area contributed by atoms with Crippen molar-refractivity contribution in [3.63, 3.8) is 0 Å². The average molecular weight is 261 g/mol. The number of halogens is 1. The second kappa shape index (κ2) is 5.70. The van der Waals surface area contributed by atoms with Gasteiger partial charge in [0.2, 0.25) is 0 Å². The summed E-state index contributed by atoms with van der Waals surface area (Å²) in [5.41, 5.74) is 0.289. The Kier molecular flexibility index (Phi) is 4.53. The zero-order valence-corrected chi connectivity index (χ0v) is 10.2. The van der Waals surface area contributed by atoms with Crippen LogP contribution in [0.4, 0.5) is 0 Å². The quantitative estimate of drug-likeness (QED) is 0.808. The Morgan fingerprint density at radius 1 is 1.65 bits per heavy atom. The first-order chi connectivity index (χ1) is 7.95. The first kappa shape index (κ1) is 13.5. The third-order valence-corrected chi connectivity index (χ3v) is 2.35. The third kappa shape index (κ3) is 3.47. The maximum atomic E-state index is 11.8.